The van der Waals surface area contributed by atoms with Crippen molar-refractivity contribution in [2.75, 3.05) is 10.2 Å². The van der Waals surface area contributed by atoms with Gasteiger partial charge in [-0.25, -0.2) is 0 Å². The minimum atomic E-state index is -0.226. The van der Waals surface area contributed by atoms with Crippen LogP contribution in [0.1, 0.15) is 34.6 Å². The van der Waals surface area contributed by atoms with E-state index in [1.165, 1.54) is 5.56 Å². The van der Waals surface area contributed by atoms with Crippen LogP contribution in [0.4, 0.5) is 11.4 Å². The van der Waals surface area contributed by atoms with Gasteiger partial charge in [-0.05, 0) is 41.8 Å². The lowest BCUT2D eigenvalue weighted by molar-refractivity contribution is 0.0975. The number of hydrogen-bond acceptors (Lipinski definition) is 2. The van der Waals surface area contributed by atoms with Gasteiger partial charge in [-0.2, -0.15) is 0 Å². The molecule has 1 heterocycles. The number of nitrogens with one attached hydrogen (secondary N) is 1. The Bertz CT molecular complexity index is 894. The molecule has 4 rings (SSSR count). The average molecular weight is 365 g/mol. The third-order valence-electron chi connectivity index (χ3n) is 4.66. The van der Waals surface area contributed by atoms with Gasteiger partial charge in [-0.1, -0.05) is 61.5 Å². The van der Waals surface area contributed by atoms with Crippen LogP contribution in [0.3, 0.4) is 0 Å². The lowest BCUT2D eigenvalue weighted by Gasteiger charge is -2.38. The molecule has 1 amide bonds. The Kier molecular flexibility index (Phi) is 5.29. The van der Waals surface area contributed by atoms with Crippen molar-refractivity contribution in [3.63, 3.8) is 0 Å². The number of rotatable bonds is 3. The van der Waals surface area contributed by atoms with Gasteiger partial charge in [0.2, 0.25) is 0 Å². The molecule has 0 aromatic heterocycles. The first-order valence-electron chi connectivity index (χ1n) is 8.61. The Morgan fingerprint density at radius 3 is 2.23 bits per heavy atom. The summed E-state index contributed by atoms with van der Waals surface area (Å²) >= 11 is 0. The zero-order valence-corrected chi connectivity index (χ0v) is 15.4. The van der Waals surface area contributed by atoms with Gasteiger partial charge in [-0.3, -0.25) is 9.69 Å². The van der Waals surface area contributed by atoms with Gasteiger partial charge in [0.25, 0.3) is 5.91 Å². The number of para-hydroxylation sites is 1. The van der Waals surface area contributed by atoms with Gasteiger partial charge in [-0.15, -0.1) is 12.4 Å². The number of nitrogens with zero attached hydrogens (tertiary/aromatic N) is 1. The lowest BCUT2D eigenvalue weighted by atomic mass is 10.0. The van der Waals surface area contributed by atoms with E-state index in [2.05, 4.69) is 24.4 Å². The van der Waals surface area contributed by atoms with E-state index in [0.717, 1.165) is 23.4 Å². The standard InChI is InChI=1S/C22H20N2O.ClH/c1-2-16-12-14-18(15-13-16)24-21(17-8-4-3-5-9-17)23-20-11-7-6-10-19(20)22(24)25;/h3-15,21,23H,2H2,1H3;1H. The monoisotopic (exact) mass is 364 g/mol. The second kappa shape index (κ2) is 7.63. The van der Waals surface area contributed by atoms with E-state index in [1.807, 2.05) is 71.6 Å². The molecule has 0 fully saturated rings. The molecule has 0 bridgehead atoms. The van der Waals surface area contributed by atoms with Gasteiger partial charge in [0.1, 0.15) is 6.17 Å². The van der Waals surface area contributed by atoms with Gasteiger partial charge >= 0.3 is 0 Å². The summed E-state index contributed by atoms with van der Waals surface area (Å²) in [6.45, 7) is 2.13. The van der Waals surface area contributed by atoms with Crippen molar-refractivity contribution >= 4 is 29.7 Å². The molecule has 4 heteroatoms. The summed E-state index contributed by atoms with van der Waals surface area (Å²) in [7, 11) is 0. The van der Waals surface area contributed by atoms with Gasteiger partial charge < -0.3 is 5.32 Å². The zero-order valence-electron chi connectivity index (χ0n) is 14.6. The molecule has 0 radical (unpaired) electrons. The van der Waals surface area contributed by atoms with E-state index in [9.17, 15) is 4.79 Å². The van der Waals surface area contributed by atoms with Gasteiger partial charge in [0, 0.05) is 11.4 Å². The fraction of sp³-hybridized carbons (Fsp3) is 0.136. The SMILES string of the molecule is CCc1ccc(N2C(=O)c3ccccc3NC2c2ccccc2)cc1.Cl. The summed E-state index contributed by atoms with van der Waals surface area (Å²) in [6.07, 6.45) is 0.758. The van der Waals surface area contributed by atoms with Crippen LogP contribution >= 0.6 is 12.4 Å². The molecule has 26 heavy (non-hydrogen) atoms. The molecule has 0 aliphatic carbocycles. The Balaban J connectivity index is 0.00000196. The van der Waals surface area contributed by atoms with E-state index >= 15 is 0 Å². The molecule has 1 atom stereocenters. The van der Waals surface area contributed by atoms with Crippen LogP contribution in [0.15, 0.2) is 78.9 Å². The third kappa shape index (κ3) is 3.18. The highest BCUT2D eigenvalue weighted by Gasteiger charge is 2.33. The predicted octanol–water partition coefficient (Wildman–Crippen LogP) is 5.44. The summed E-state index contributed by atoms with van der Waals surface area (Å²) in [4.78, 5) is 15.1. The summed E-state index contributed by atoms with van der Waals surface area (Å²) in [5.74, 6) is 0.0208. The zero-order chi connectivity index (χ0) is 17.2. The maximum absolute atomic E-state index is 13.2. The summed E-state index contributed by atoms with van der Waals surface area (Å²) in [5, 5.41) is 3.53. The van der Waals surface area contributed by atoms with E-state index in [4.69, 9.17) is 0 Å². The molecule has 3 aromatic carbocycles. The van der Waals surface area contributed by atoms with E-state index in [-0.39, 0.29) is 24.5 Å². The molecule has 3 nitrogen and oxygen atoms in total. The highest BCUT2D eigenvalue weighted by molar-refractivity contribution is 6.12. The number of carbonyl (C=O) groups excluding carboxylic acids is 1. The van der Waals surface area contributed by atoms with Crippen LogP contribution in [-0.4, -0.2) is 5.91 Å². The van der Waals surface area contributed by atoms with Crippen molar-refractivity contribution in [2.45, 2.75) is 19.5 Å². The Morgan fingerprint density at radius 2 is 1.54 bits per heavy atom. The van der Waals surface area contributed by atoms with Crippen molar-refractivity contribution in [3.8, 4) is 0 Å². The molecular weight excluding hydrogens is 344 g/mol. The van der Waals surface area contributed by atoms with Crippen LogP contribution < -0.4 is 10.2 Å². The molecule has 0 saturated carbocycles. The smallest absolute Gasteiger partial charge is 0.262 e. The lowest BCUT2D eigenvalue weighted by Crippen LogP contribution is -2.43. The highest BCUT2D eigenvalue weighted by atomic mass is 35.5. The summed E-state index contributed by atoms with van der Waals surface area (Å²) in [6, 6.07) is 26.0. The second-order valence-electron chi connectivity index (χ2n) is 6.20. The first-order chi connectivity index (χ1) is 12.3. The molecule has 1 N–H and O–H groups in total. The predicted molar refractivity (Wildman–Crippen MR) is 109 cm³/mol. The number of fused-ring (bicyclic) bond motifs is 1. The third-order valence-corrected chi connectivity index (χ3v) is 4.66. The molecular formula is C22H21ClN2O. The Morgan fingerprint density at radius 1 is 0.885 bits per heavy atom. The quantitative estimate of drug-likeness (QED) is 0.671. The van der Waals surface area contributed by atoms with Crippen molar-refractivity contribution in [1.29, 1.82) is 0 Å². The average Bonchev–Trinajstić information content (AvgIpc) is 2.69. The molecule has 0 saturated heterocycles. The molecule has 1 unspecified atom stereocenters. The minimum absolute atomic E-state index is 0. The molecule has 132 valence electrons. The minimum Gasteiger partial charge on any atom is -0.360 e. The van der Waals surface area contributed by atoms with Crippen LogP contribution in [0.5, 0.6) is 0 Å². The van der Waals surface area contributed by atoms with Crippen molar-refractivity contribution in [3.05, 3.63) is 95.6 Å². The molecule has 0 spiro atoms. The Labute approximate surface area is 160 Å². The van der Waals surface area contributed by atoms with Crippen LogP contribution in [0.25, 0.3) is 0 Å². The maximum Gasteiger partial charge on any atom is 0.262 e. The highest BCUT2D eigenvalue weighted by Crippen LogP contribution is 2.36. The first-order valence-corrected chi connectivity index (χ1v) is 8.61. The van der Waals surface area contributed by atoms with E-state index < -0.39 is 0 Å². The molecule has 3 aromatic rings. The number of hydrogen-bond donors (Lipinski definition) is 1. The number of anilines is 2. The maximum atomic E-state index is 13.2. The fourth-order valence-electron chi connectivity index (χ4n) is 3.28. The topological polar surface area (TPSA) is 32.3 Å². The number of benzene rings is 3. The number of amides is 1. The van der Waals surface area contributed by atoms with Gasteiger partial charge in [0.15, 0.2) is 0 Å². The number of halogens is 1. The molecule has 1 aliphatic heterocycles. The Hall–Kier alpha value is -2.78. The number of carbonyl (C=O) groups is 1. The van der Waals surface area contributed by atoms with Crippen LogP contribution in [0.2, 0.25) is 0 Å². The largest absolute Gasteiger partial charge is 0.360 e. The van der Waals surface area contributed by atoms with Crippen LogP contribution in [0, 0.1) is 0 Å². The summed E-state index contributed by atoms with van der Waals surface area (Å²) < 4.78 is 0. The number of aryl methyl sites for hydroxylation is 1. The summed E-state index contributed by atoms with van der Waals surface area (Å²) in [5.41, 5.74) is 4.80. The van der Waals surface area contributed by atoms with Gasteiger partial charge in [0.05, 0.1) is 5.56 Å². The fourth-order valence-corrected chi connectivity index (χ4v) is 3.28. The molecule has 1 aliphatic rings. The second-order valence-corrected chi connectivity index (χ2v) is 6.20. The van der Waals surface area contributed by atoms with E-state index in [1.54, 1.807) is 0 Å². The first kappa shape index (κ1) is 18.0. The van der Waals surface area contributed by atoms with E-state index in [0.29, 0.717) is 5.56 Å². The normalized spacial score (nSPS) is 15.7. The van der Waals surface area contributed by atoms with Crippen LogP contribution in [-0.2, 0) is 6.42 Å². The van der Waals surface area contributed by atoms with Crippen molar-refractivity contribution in [1.82, 2.24) is 0 Å². The van der Waals surface area contributed by atoms with Crippen molar-refractivity contribution < 1.29 is 4.79 Å². The van der Waals surface area contributed by atoms with Crippen molar-refractivity contribution in [2.24, 2.45) is 0 Å².